The molecule has 1 aliphatic rings. The number of aromatic nitrogens is 1. The molecule has 0 aliphatic heterocycles. The van der Waals surface area contributed by atoms with Gasteiger partial charge in [0.15, 0.2) is 5.43 Å². The molecule has 1 aliphatic carbocycles. The second-order valence-corrected chi connectivity index (χ2v) is 6.41. The smallest absolute Gasteiger partial charge is 0.256 e. The summed E-state index contributed by atoms with van der Waals surface area (Å²) in [6.45, 7) is 3.93. The highest BCUT2D eigenvalue weighted by atomic mass is 32.2. The molecule has 1 aromatic rings. The quantitative estimate of drug-likeness (QED) is 0.887. The highest BCUT2D eigenvalue weighted by molar-refractivity contribution is 7.99. The molecule has 1 aromatic heterocycles. The van der Waals surface area contributed by atoms with Gasteiger partial charge in [0.1, 0.15) is 5.56 Å². The molecule has 1 fully saturated rings. The summed E-state index contributed by atoms with van der Waals surface area (Å²) in [6.07, 6.45) is 4.80. The Balaban J connectivity index is 2.06. The number of amides is 1. The van der Waals surface area contributed by atoms with E-state index in [9.17, 15) is 9.59 Å². The van der Waals surface area contributed by atoms with E-state index in [4.69, 9.17) is 0 Å². The lowest BCUT2D eigenvalue weighted by Crippen LogP contribution is -2.40. The summed E-state index contributed by atoms with van der Waals surface area (Å²) in [6, 6.07) is 1.65. The summed E-state index contributed by atoms with van der Waals surface area (Å²) in [4.78, 5) is 26.8. The second kappa shape index (κ2) is 6.28. The zero-order valence-corrected chi connectivity index (χ0v) is 12.2. The van der Waals surface area contributed by atoms with Crippen LogP contribution in [0.4, 0.5) is 0 Å². The van der Waals surface area contributed by atoms with E-state index in [0.717, 1.165) is 30.7 Å². The van der Waals surface area contributed by atoms with Crippen LogP contribution >= 0.6 is 11.8 Å². The van der Waals surface area contributed by atoms with Crippen LogP contribution in [0.5, 0.6) is 0 Å². The van der Waals surface area contributed by atoms with E-state index in [1.165, 1.54) is 12.3 Å². The Bertz CT molecular complexity index is 512. The summed E-state index contributed by atoms with van der Waals surface area (Å²) >= 11 is 1.89. The van der Waals surface area contributed by atoms with Crippen molar-refractivity contribution in [2.24, 2.45) is 0 Å². The molecule has 4 nitrogen and oxygen atoms in total. The predicted molar refractivity (Wildman–Crippen MR) is 78.8 cm³/mol. The van der Waals surface area contributed by atoms with E-state index < -0.39 is 0 Å². The maximum atomic E-state index is 12.1. The molecule has 5 heteroatoms. The predicted octanol–water partition coefficient (Wildman–Crippen LogP) is 2.09. The van der Waals surface area contributed by atoms with Gasteiger partial charge < -0.3 is 10.3 Å². The van der Waals surface area contributed by atoms with Gasteiger partial charge in [-0.2, -0.15) is 11.8 Å². The van der Waals surface area contributed by atoms with Gasteiger partial charge in [-0.25, -0.2) is 0 Å². The Hall–Kier alpha value is -1.23. The number of thioether (sulfide) groups is 1. The molecule has 1 amide bonds. The van der Waals surface area contributed by atoms with Crippen molar-refractivity contribution in [3.8, 4) is 0 Å². The van der Waals surface area contributed by atoms with Crippen LogP contribution in [0.15, 0.2) is 17.1 Å². The van der Waals surface area contributed by atoms with Crippen molar-refractivity contribution in [3.05, 3.63) is 33.7 Å². The number of aryl methyl sites for hydroxylation is 1. The number of carbonyl (C=O) groups is 1. The van der Waals surface area contributed by atoms with E-state index in [2.05, 4.69) is 17.2 Å². The number of rotatable bonds is 4. The molecule has 0 radical (unpaired) electrons. The van der Waals surface area contributed by atoms with Gasteiger partial charge >= 0.3 is 0 Å². The van der Waals surface area contributed by atoms with Crippen LogP contribution in [0.2, 0.25) is 0 Å². The van der Waals surface area contributed by atoms with Gasteiger partial charge in [-0.15, -0.1) is 0 Å². The van der Waals surface area contributed by atoms with Crippen molar-refractivity contribution < 1.29 is 4.79 Å². The zero-order valence-electron chi connectivity index (χ0n) is 11.4. The standard InChI is InChI=1S/C14H20N2O2S/c1-3-19-13-6-4-5-11(13)16-14(18)10-8-15-9(2)7-12(10)17/h7-8,11,13H,3-6H2,1-2H3,(H,15,17)(H,16,18). The maximum absolute atomic E-state index is 12.1. The van der Waals surface area contributed by atoms with Crippen molar-refractivity contribution in [3.63, 3.8) is 0 Å². The molecule has 0 spiro atoms. The summed E-state index contributed by atoms with van der Waals surface area (Å²) in [5, 5.41) is 3.50. The molecule has 1 saturated carbocycles. The molecule has 2 atom stereocenters. The van der Waals surface area contributed by atoms with Crippen LogP contribution < -0.4 is 10.7 Å². The van der Waals surface area contributed by atoms with E-state index >= 15 is 0 Å². The molecular weight excluding hydrogens is 260 g/mol. The van der Waals surface area contributed by atoms with Crippen molar-refractivity contribution in [2.75, 3.05) is 5.75 Å². The number of hydrogen-bond acceptors (Lipinski definition) is 3. The molecule has 19 heavy (non-hydrogen) atoms. The van der Waals surface area contributed by atoms with Crippen molar-refractivity contribution >= 4 is 17.7 Å². The number of carbonyl (C=O) groups excluding carboxylic acids is 1. The third kappa shape index (κ3) is 3.41. The summed E-state index contributed by atoms with van der Waals surface area (Å²) < 4.78 is 0. The number of pyridine rings is 1. The van der Waals surface area contributed by atoms with Gasteiger partial charge in [-0.05, 0) is 25.5 Å². The lowest BCUT2D eigenvalue weighted by molar-refractivity contribution is 0.0937. The molecule has 0 aromatic carbocycles. The van der Waals surface area contributed by atoms with Crippen molar-refractivity contribution in [1.29, 1.82) is 0 Å². The Morgan fingerprint density at radius 2 is 2.32 bits per heavy atom. The molecule has 104 valence electrons. The van der Waals surface area contributed by atoms with Gasteiger partial charge in [0.05, 0.1) is 0 Å². The van der Waals surface area contributed by atoms with E-state index in [1.54, 1.807) is 6.92 Å². The number of nitrogens with one attached hydrogen (secondary N) is 2. The first-order valence-electron chi connectivity index (χ1n) is 6.73. The first-order valence-corrected chi connectivity index (χ1v) is 7.78. The lowest BCUT2D eigenvalue weighted by atomic mass is 10.2. The zero-order chi connectivity index (χ0) is 13.8. The van der Waals surface area contributed by atoms with Crippen LogP contribution in [0.1, 0.15) is 42.2 Å². The van der Waals surface area contributed by atoms with Crippen LogP contribution in [0, 0.1) is 6.92 Å². The van der Waals surface area contributed by atoms with Gasteiger partial charge in [-0.1, -0.05) is 13.3 Å². The Labute approximate surface area is 117 Å². The third-order valence-electron chi connectivity index (χ3n) is 3.45. The fraction of sp³-hybridized carbons (Fsp3) is 0.571. The second-order valence-electron chi connectivity index (χ2n) is 4.90. The fourth-order valence-corrected chi connectivity index (χ4v) is 3.70. The van der Waals surface area contributed by atoms with Gasteiger partial charge in [0.2, 0.25) is 0 Å². The average Bonchev–Trinajstić information content (AvgIpc) is 2.77. The van der Waals surface area contributed by atoms with Crippen molar-refractivity contribution in [1.82, 2.24) is 10.3 Å². The molecule has 0 bridgehead atoms. The molecular formula is C14H20N2O2S. The van der Waals surface area contributed by atoms with Crippen LogP contribution in [0.25, 0.3) is 0 Å². The monoisotopic (exact) mass is 280 g/mol. The van der Waals surface area contributed by atoms with Gasteiger partial charge in [0.25, 0.3) is 5.91 Å². The fourth-order valence-electron chi connectivity index (χ4n) is 2.50. The van der Waals surface area contributed by atoms with Crippen LogP contribution in [0.3, 0.4) is 0 Å². The highest BCUT2D eigenvalue weighted by Gasteiger charge is 2.29. The largest absolute Gasteiger partial charge is 0.364 e. The average molecular weight is 280 g/mol. The van der Waals surface area contributed by atoms with Gasteiger partial charge in [0, 0.05) is 29.2 Å². The van der Waals surface area contributed by atoms with E-state index in [-0.39, 0.29) is 22.9 Å². The van der Waals surface area contributed by atoms with Crippen molar-refractivity contribution in [2.45, 2.75) is 44.4 Å². The molecule has 2 rings (SSSR count). The summed E-state index contributed by atoms with van der Waals surface area (Å²) in [5.74, 6) is 0.803. The normalized spacial score (nSPS) is 22.4. The topological polar surface area (TPSA) is 62.0 Å². The Morgan fingerprint density at radius 1 is 1.53 bits per heavy atom. The summed E-state index contributed by atoms with van der Waals surface area (Å²) in [7, 11) is 0. The first kappa shape index (κ1) is 14.2. The van der Waals surface area contributed by atoms with E-state index in [1.807, 2.05) is 11.8 Å². The minimum absolute atomic E-state index is 0.193. The molecule has 0 saturated heterocycles. The number of hydrogen-bond donors (Lipinski definition) is 2. The third-order valence-corrected chi connectivity index (χ3v) is 4.78. The number of aromatic amines is 1. The SMILES string of the molecule is CCSC1CCCC1NC(=O)c1c[nH]c(C)cc1=O. The van der Waals surface area contributed by atoms with E-state index in [0.29, 0.717) is 5.25 Å². The Kier molecular flexibility index (Phi) is 4.69. The summed E-state index contributed by atoms with van der Waals surface area (Å²) in [5.41, 5.74) is 0.756. The van der Waals surface area contributed by atoms with Crippen LogP contribution in [-0.4, -0.2) is 27.9 Å². The minimum atomic E-state index is -0.255. The minimum Gasteiger partial charge on any atom is -0.364 e. The molecule has 2 N–H and O–H groups in total. The molecule has 2 unspecified atom stereocenters. The first-order chi connectivity index (χ1) is 9.11. The molecule has 1 heterocycles. The maximum Gasteiger partial charge on any atom is 0.256 e. The highest BCUT2D eigenvalue weighted by Crippen LogP contribution is 2.29. The Morgan fingerprint density at radius 3 is 3.00 bits per heavy atom. The number of H-pyrrole nitrogens is 1. The lowest BCUT2D eigenvalue weighted by Gasteiger charge is -2.19. The van der Waals surface area contributed by atoms with Crippen LogP contribution in [-0.2, 0) is 0 Å². The van der Waals surface area contributed by atoms with Gasteiger partial charge in [-0.3, -0.25) is 9.59 Å².